The number of benzene rings is 1. The summed E-state index contributed by atoms with van der Waals surface area (Å²) in [5.74, 6) is -2.14. The summed E-state index contributed by atoms with van der Waals surface area (Å²) in [5, 5.41) is 15.3. The minimum atomic E-state index is -1.17. The van der Waals surface area contributed by atoms with E-state index in [0.717, 1.165) is 0 Å². The Hall–Kier alpha value is -2.74. The number of carbonyl (C=O) groups excluding carboxylic acids is 1. The molecule has 7 nitrogen and oxygen atoms in total. The fourth-order valence-corrected chi connectivity index (χ4v) is 2.05. The molecule has 23 heavy (non-hydrogen) atoms. The van der Waals surface area contributed by atoms with E-state index in [1.807, 2.05) is 0 Å². The number of methoxy groups -OCH3 is 1. The number of amides is 1. The van der Waals surface area contributed by atoms with E-state index in [0.29, 0.717) is 5.69 Å². The normalized spacial score (nSPS) is 12.0. The summed E-state index contributed by atoms with van der Waals surface area (Å²) < 4.78 is 19.9. The van der Waals surface area contributed by atoms with Crippen molar-refractivity contribution in [2.24, 2.45) is 0 Å². The third-order valence-electron chi connectivity index (χ3n) is 3.34. The first-order valence-corrected chi connectivity index (χ1v) is 6.79. The van der Waals surface area contributed by atoms with Crippen molar-refractivity contribution in [1.29, 1.82) is 0 Å². The zero-order chi connectivity index (χ0) is 17.0. The molecule has 1 heterocycles. The molecule has 1 amide bonds. The van der Waals surface area contributed by atoms with Gasteiger partial charge in [0.05, 0.1) is 24.0 Å². The molecule has 0 radical (unpaired) electrons. The average molecular weight is 321 g/mol. The maximum Gasteiger partial charge on any atom is 0.334 e. The van der Waals surface area contributed by atoms with Gasteiger partial charge < -0.3 is 15.2 Å². The summed E-state index contributed by atoms with van der Waals surface area (Å²) in [5.41, 5.74) is 0.898. The molecule has 0 aliphatic heterocycles. The number of carboxylic acid groups (broad SMARTS) is 1. The number of hydrogen-bond donors (Lipinski definition) is 2. The molecule has 2 aromatic rings. The largest absolute Gasteiger partial charge is 0.479 e. The van der Waals surface area contributed by atoms with Crippen LogP contribution in [-0.4, -0.2) is 46.5 Å². The number of para-hydroxylation sites is 1. The Morgan fingerprint density at radius 2 is 2.13 bits per heavy atom. The van der Waals surface area contributed by atoms with Crippen LogP contribution in [0.3, 0.4) is 0 Å². The number of carbonyl (C=O) groups is 2. The van der Waals surface area contributed by atoms with Gasteiger partial charge in [0.15, 0.2) is 6.10 Å². The molecule has 0 aliphatic carbocycles. The monoisotopic (exact) mass is 321 g/mol. The number of rotatable bonds is 6. The summed E-state index contributed by atoms with van der Waals surface area (Å²) in [4.78, 5) is 23.0. The summed E-state index contributed by atoms with van der Waals surface area (Å²) in [6.07, 6.45) is 0.167. The van der Waals surface area contributed by atoms with E-state index in [4.69, 9.17) is 9.84 Å². The van der Waals surface area contributed by atoms with Gasteiger partial charge in [0, 0.05) is 7.11 Å². The first kappa shape index (κ1) is 16.6. The smallest absolute Gasteiger partial charge is 0.334 e. The lowest BCUT2D eigenvalue weighted by atomic mass is 10.2. The maximum absolute atomic E-state index is 13.8. The molecule has 0 fully saturated rings. The predicted molar refractivity (Wildman–Crippen MR) is 79.0 cm³/mol. The number of aliphatic carboxylic acids is 1. The van der Waals surface area contributed by atoms with Crippen LogP contribution < -0.4 is 5.32 Å². The van der Waals surface area contributed by atoms with Gasteiger partial charge in [0.25, 0.3) is 5.91 Å². The van der Waals surface area contributed by atoms with E-state index in [-0.39, 0.29) is 17.8 Å². The van der Waals surface area contributed by atoms with Gasteiger partial charge in [0.1, 0.15) is 11.5 Å². The lowest BCUT2D eigenvalue weighted by molar-refractivity contribution is -0.148. The Bertz CT molecular complexity index is 729. The van der Waals surface area contributed by atoms with Crippen LogP contribution in [0, 0.1) is 12.7 Å². The summed E-state index contributed by atoms with van der Waals surface area (Å²) >= 11 is 0. The van der Waals surface area contributed by atoms with Crippen molar-refractivity contribution in [1.82, 2.24) is 15.1 Å². The van der Waals surface area contributed by atoms with Crippen molar-refractivity contribution in [3.05, 3.63) is 47.5 Å². The van der Waals surface area contributed by atoms with Crippen LogP contribution in [-0.2, 0) is 9.53 Å². The maximum atomic E-state index is 13.8. The Morgan fingerprint density at radius 3 is 2.74 bits per heavy atom. The molecule has 0 bridgehead atoms. The van der Waals surface area contributed by atoms with Gasteiger partial charge in [-0.3, -0.25) is 4.79 Å². The highest BCUT2D eigenvalue weighted by atomic mass is 19.1. The van der Waals surface area contributed by atoms with Crippen molar-refractivity contribution in [3.63, 3.8) is 0 Å². The van der Waals surface area contributed by atoms with Crippen LogP contribution in [0.25, 0.3) is 5.69 Å². The van der Waals surface area contributed by atoms with Gasteiger partial charge in [-0.25, -0.2) is 13.9 Å². The molecule has 0 spiro atoms. The third-order valence-corrected chi connectivity index (χ3v) is 3.34. The van der Waals surface area contributed by atoms with Crippen LogP contribution in [0.2, 0.25) is 0 Å². The standard InChI is InChI=1S/C15H16FN3O4/c1-9-10(14(20)17-8-13(23-2)15(21)22)7-18-19(9)12-6-4-3-5-11(12)16/h3-7,13H,8H2,1-2H3,(H,17,20)(H,21,22). The SMILES string of the molecule is COC(CNC(=O)c1cnn(-c2ccccc2F)c1C)C(=O)O. The molecule has 2 rings (SSSR count). The van der Waals surface area contributed by atoms with E-state index in [2.05, 4.69) is 10.4 Å². The molecule has 1 unspecified atom stereocenters. The van der Waals surface area contributed by atoms with Crippen molar-refractivity contribution in [2.45, 2.75) is 13.0 Å². The number of hydrogen-bond acceptors (Lipinski definition) is 4. The number of carboxylic acids is 1. The van der Waals surface area contributed by atoms with Crippen LogP contribution in [0.4, 0.5) is 4.39 Å². The summed E-state index contributed by atoms with van der Waals surface area (Å²) in [6.45, 7) is 1.44. The molecule has 0 saturated heterocycles. The fourth-order valence-electron chi connectivity index (χ4n) is 2.05. The number of nitrogens with one attached hydrogen (secondary N) is 1. The number of halogens is 1. The van der Waals surface area contributed by atoms with Crippen LogP contribution in [0.15, 0.2) is 30.5 Å². The van der Waals surface area contributed by atoms with Crippen molar-refractivity contribution >= 4 is 11.9 Å². The Kier molecular flexibility index (Phi) is 5.07. The fraction of sp³-hybridized carbons (Fsp3) is 0.267. The predicted octanol–water partition coefficient (Wildman–Crippen LogP) is 1.15. The van der Waals surface area contributed by atoms with E-state index in [1.54, 1.807) is 25.1 Å². The first-order chi connectivity index (χ1) is 11.0. The van der Waals surface area contributed by atoms with Gasteiger partial charge in [-0.05, 0) is 19.1 Å². The van der Waals surface area contributed by atoms with Gasteiger partial charge in [0.2, 0.25) is 0 Å². The van der Waals surface area contributed by atoms with E-state index < -0.39 is 23.8 Å². The number of ether oxygens (including phenoxy) is 1. The molecule has 0 aliphatic rings. The molecular formula is C15H16FN3O4. The molecule has 122 valence electrons. The van der Waals surface area contributed by atoms with Gasteiger partial charge in [-0.1, -0.05) is 12.1 Å². The molecule has 2 N–H and O–H groups in total. The molecule has 1 aromatic heterocycles. The highest BCUT2D eigenvalue weighted by molar-refractivity contribution is 5.95. The Labute approximate surface area is 131 Å². The van der Waals surface area contributed by atoms with Gasteiger partial charge >= 0.3 is 5.97 Å². The quantitative estimate of drug-likeness (QED) is 0.832. The lowest BCUT2D eigenvalue weighted by Crippen LogP contribution is -2.37. The summed E-state index contributed by atoms with van der Waals surface area (Å²) in [7, 11) is 1.24. The van der Waals surface area contributed by atoms with E-state index in [9.17, 15) is 14.0 Å². The van der Waals surface area contributed by atoms with E-state index >= 15 is 0 Å². The number of nitrogens with zero attached hydrogens (tertiary/aromatic N) is 2. The second kappa shape index (κ2) is 7.01. The molecular weight excluding hydrogens is 305 g/mol. The second-order valence-corrected chi connectivity index (χ2v) is 4.78. The molecule has 8 heteroatoms. The van der Waals surface area contributed by atoms with Gasteiger partial charge in [-0.2, -0.15) is 5.10 Å². The van der Waals surface area contributed by atoms with Crippen LogP contribution >= 0.6 is 0 Å². The van der Waals surface area contributed by atoms with Crippen molar-refractivity contribution < 1.29 is 23.8 Å². The minimum Gasteiger partial charge on any atom is -0.479 e. The third kappa shape index (κ3) is 3.54. The topological polar surface area (TPSA) is 93.5 Å². The first-order valence-electron chi connectivity index (χ1n) is 6.79. The zero-order valence-electron chi connectivity index (χ0n) is 12.6. The average Bonchev–Trinajstić information content (AvgIpc) is 2.89. The Morgan fingerprint density at radius 1 is 1.43 bits per heavy atom. The summed E-state index contributed by atoms with van der Waals surface area (Å²) in [6, 6.07) is 6.06. The molecule has 1 aromatic carbocycles. The minimum absolute atomic E-state index is 0.186. The van der Waals surface area contributed by atoms with Crippen LogP contribution in [0.1, 0.15) is 16.1 Å². The highest BCUT2D eigenvalue weighted by Crippen LogP contribution is 2.16. The lowest BCUT2D eigenvalue weighted by Gasteiger charge is -2.11. The highest BCUT2D eigenvalue weighted by Gasteiger charge is 2.20. The van der Waals surface area contributed by atoms with Gasteiger partial charge in [-0.15, -0.1) is 0 Å². The second-order valence-electron chi connectivity index (χ2n) is 4.78. The Balaban J connectivity index is 2.17. The van der Waals surface area contributed by atoms with Crippen LogP contribution in [0.5, 0.6) is 0 Å². The van der Waals surface area contributed by atoms with Crippen molar-refractivity contribution in [2.75, 3.05) is 13.7 Å². The molecule has 1 atom stereocenters. The van der Waals surface area contributed by atoms with Crippen molar-refractivity contribution in [3.8, 4) is 5.69 Å². The molecule has 0 saturated carbocycles. The number of aromatic nitrogens is 2. The zero-order valence-corrected chi connectivity index (χ0v) is 12.6. The van der Waals surface area contributed by atoms with E-state index in [1.165, 1.54) is 24.1 Å².